The van der Waals surface area contributed by atoms with Crippen LogP contribution in [0.5, 0.6) is 0 Å². The Morgan fingerprint density at radius 2 is 2.00 bits per heavy atom. The minimum absolute atomic E-state index is 0.148. The van der Waals surface area contributed by atoms with Gasteiger partial charge < -0.3 is 5.73 Å². The van der Waals surface area contributed by atoms with Gasteiger partial charge in [-0.3, -0.25) is 10.1 Å². The molecule has 0 saturated carbocycles. The second-order valence-electron chi connectivity index (χ2n) is 5.41. The van der Waals surface area contributed by atoms with Crippen molar-refractivity contribution in [3.8, 4) is 28.7 Å². The van der Waals surface area contributed by atoms with Gasteiger partial charge in [-0.1, -0.05) is 18.2 Å². The van der Waals surface area contributed by atoms with E-state index >= 15 is 0 Å². The fourth-order valence-electron chi connectivity index (χ4n) is 2.66. The fraction of sp³-hybridized carbons (Fsp3) is 0. The van der Waals surface area contributed by atoms with Crippen LogP contribution in [0, 0.1) is 17.1 Å². The molecule has 1 aromatic carbocycles. The summed E-state index contributed by atoms with van der Waals surface area (Å²) in [6.45, 7) is 0. The maximum atomic E-state index is 14.0. The minimum atomic E-state index is -0.432. The molecule has 3 aromatic heterocycles. The van der Waals surface area contributed by atoms with Gasteiger partial charge in [0, 0.05) is 17.1 Å². The Labute approximate surface area is 141 Å². The molecule has 0 radical (unpaired) electrons. The number of nitrogens with one attached hydrogen (secondary N) is 1. The molecule has 0 aliphatic rings. The lowest BCUT2D eigenvalue weighted by Crippen LogP contribution is -1.92. The highest BCUT2D eigenvalue weighted by atomic mass is 19.1. The van der Waals surface area contributed by atoms with E-state index < -0.39 is 5.82 Å². The van der Waals surface area contributed by atoms with Crippen LogP contribution in [-0.2, 0) is 0 Å². The van der Waals surface area contributed by atoms with Crippen molar-refractivity contribution in [2.45, 2.75) is 0 Å². The zero-order chi connectivity index (χ0) is 17.4. The van der Waals surface area contributed by atoms with Crippen LogP contribution in [0.2, 0.25) is 0 Å². The van der Waals surface area contributed by atoms with E-state index in [1.165, 1.54) is 18.3 Å². The first-order valence-corrected chi connectivity index (χ1v) is 7.43. The van der Waals surface area contributed by atoms with Crippen molar-refractivity contribution in [3.63, 3.8) is 0 Å². The van der Waals surface area contributed by atoms with Crippen LogP contribution in [0.4, 0.5) is 10.2 Å². The van der Waals surface area contributed by atoms with Crippen LogP contribution in [-0.4, -0.2) is 20.2 Å². The molecule has 0 atom stereocenters. The van der Waals surface area contributed by atoms with Crippen molar-refractivity contribution in [2.75, 3.05) is 5.73 Å². The molecule has 0 aliphatic heterocycles. The summed E-state index contributed by atoms with van der Waals surface area (Å²) in [4.78, 5) is 8.56. The first-order chi connectivity index (χ1) is 12.2. The van der Waals surface area contributed by atoms with Crippen LogP contribution in [0.25, 0.3) is 33.5 Å². The van der Waals surface area contributed by atoms with Crippen LogP contribution < -0.4 is 5.73 Å². The Morgan fingerprint density at radius 3 is 2.80 bits per heavy atom. The number of rotatable bonds is 2. The van der Waals surface area contributed by atoms with Gasteiger partial charge >= 0.3 is 0 Å². The molecule has 0 bridgehead atoms. The lowest BCUT2D eigenvalue weighted by atomic mass is 10.1. The maximum absolute atomic E-state index is 14.0. The molecule has 3 N–H and O–H groups in total. The Balaban J connectivity index is 1.88. The standard InChI is InChI=1S/C18H11FN6/c19-13-2-1-7-22-17(13)14-6-5-10-3-4-11(8-15(10)23-14)16-12(9-20)18(21)25-24-16/h1-8H,(H3,21,24,25). The lowest BCUT2D eigenvalue weighted by molar-refractivity contribution is 0.625. The SMILES string of the molecule is N#Cc1c(N)n[nH]c1-c1ccc2ccc(-c3ncccc3F)nc2c1. The van der Waals surface area contributed by atoms with Crippen LogP contribution in [0.1, 0.15) is 5.56 Å². The summed E-state index contributed by atoms with van der Waals surface area (Å²) >= 11 is 0. The van der Waals surface area contributed by atoms with Gasteiger partial charge in [0.25, 0.3) is 0 Å². The van der Waals surface area contributed by atoms with Crippen molar-refractivity contribution >= 4 is 16.7 Å². The second-order valence-corrected chi connectivity index (χ2v) is 5.41. The zero-order valence-electron chi connectivity index (χ0n) is 12.9. The van der Waals surface area contributed by atoms with E-state index in [4.69, 9.17) is 5.73 Å². The third-order valence-corrected chi connectivity index (χ3v) is 3.89. The van der Waals surface area contributed by atoms with E-state index in [1.54, 1.807) is 12.1 Å². The van der Waals surface area contributed by atoms with Gasteiger partial charge in [-0.2, -0.15) is 10.4 Å². The maximum Gasteiger partial charge on any atom is 0.163 e. The number of hydrogen-bond donors (Lipinski definition) is 2. The number of fused-ring (bicyclic) bond motifs is 1. The molecule has 0 spiro atoms. The number of nitrogen functional groups attached to an aromatic ring is 1. The monoisotopic (exact) mass is 330 g/mol. The number of nitriles is 1. The number of nitrogens with two attached hydrogens (primary N) is 1. The van der Waals surface area contributed by atoms with E-state index in [0.29, 0.717) is 16.9 Å². The molecule has 0 amide bonds. The molecular formula is C18H11FN6. The number of aromatic amines is 1. The highest BCUT2D eigenvalue weighted by molar-refractivity contribution is 5.87. The molecule has 0 unspecified atom stereocenters. The number of benzene rings is 1. The summed E-state index contributed by atoms with van der Waals surface area (Å²) in [5.74, 6) is -0.284. The van der Waals surface area contributed by atoms with Crippen LogP contribution >= 0.6 is 0 Å². The van der Waals surface area contributed by atoms with E-state index in [1.807, 2.05) is 24.3 Å². The summed E-state index contributed by atoms with van der Waals surface area (Å²) in [5, 5.41) is 16.7. The number of H-pyrrole nitrogens is 1. The fourth-order valence-corrected chi connectivity index (χ4v) is 2.66. The van der Waals surface area contributed by atoms with Gasteiger partial charge in [0.05, 0.1) is 16.9 Å². The zero-order valence-corrected chi connectivity index (χ0v) is 12.9. The molecule has 6 nitrogen and oxygen atoms in total. The molecule has 4 rings (SSSR count). The number of pyridine rings is 2. The Morgan fingerprint density at radius 1 is 1.16 bits per heavy atom. The molecule has 0 saturated heterocycles. The largest absolute Gasteiger partial charge is 0.381 e. The second kappa shape index (κ2) is 5.69. The Hall–Kier alpha value is -3.79. The number of anilines is 1. The Kier molecular flexibility index (Phi) is 3.36. The van der Waals surface area contributed by atoms with Crippen molar-refractivity contribution in [3.05, 3.63) is 60.0 Å². The predicted molar refractivity (Wildman–Crippen MR) is 91.6 cm³/mol. The van der Waals surface area contributed by atoms with Gasteiger partial charge in [0.1, 0.15) is 17.3 Å². The smallest absolute Gasteiger partial charge is 0.163 e. The van der Waals surface area contributed by atoms with Gasteiger partial charge in [-0.15, -0.1) is 0 Å². The number of halogens is 1. The highest BCUT2D eigenvalue weighted by Gasteiger charge is 2.13. The molecule has 25 heavy (non-hydrogen) atoms. The summed E-state index contributed by atoms with van der Waals surface area (Å²) in [7, 11) is 0. The summed E-state index contributed by atoms with van der Waals surface area (Å²) < 4.78 is 14.0. The molecule has 3 heterocycles. The predicted octanol–water partition coefficient (Wildman–Crippen LogP) is 3.28. The first-order valence-electron chi connectivity index (χ1n) is 7.43. The quantitative estimate of drug-likeness (QED) is 0.587. The molecule has 0 fully saturated rings. The number of hydrogen-bond acceptors (Lipinski definition) is 5. The van der Waals surface area contributed by atoms with Crippen LogP contribution in [0.15, 0.2) is 48.7 Å². The molecule has 4 aromatic rings. The average Bonchev–Trinajstić information content (AvgIpc) is 3.02. The highest BCUT2D eigenvalue weighted by Crippen LogP contribution is 2.28. The Bertz CT molecular complexity index is 1140. The lowest BCUT2D eigenvalue weighted by Gasteiger charge is -2.05. The van der Waals surface area contributed by atoms with Crippen LogP contribution in [0.3, 0.4) is 0 Å². The van der Waals surface area contributed by atoms with Crippen molar-refractivity contribution in [2.24, 2.45) is 0 Å². The molecule has 0 aliphatic carbocycles. The summed E-state index contributed by atoms with van der Waals surface area (Å²) in [6.07, 6.45) is 1.52. The molecule has 120 valence electrons. The van der Waals surface area contributed by atoms with E-state index in [9.17, 15) is 9.65 Å². The summed E-state index contributed by atoms with van der Waals surface area (Å²) in [6, 6.07) is 14.0. The summed E-state index contributed by atoms with van der Waals surface area (Å²) in [5.41, 5.74) is 8.50. The van der Waals surface area contributed by atoms with Crippen molar-refractivity contribution in [1.29, 1.82) is 5.26 Å². The third kappa shape index (κ3) is 2.46. The van der Waals surface area contributed by atoms with Gasteiger partial charge in [-0.25, -0.2) is 9.37 Å². The molecule has 7 heteroatoms. The molecular weight excluding hydrogens is 319 g/mol. The average molecular weight is 330 g/mol. The van der Waals surface area contributed by atoms with Gasteiger partial charge in [-0.05, 0) is 24.3 Å². The number of nitrogens with zero attached hydrogens (tertiary/aromatic N) is 4. The first kappa shape index (κ1) is 14.8. The van der Waals surface area contributed by atoms with E-state index in [0.717, 1.165) is 10.9 Å². The minimum Gasteiger partial charge on any atom is -0.381 e. The number of aromatic nitrogens is 4. The normalized spacial score (nSPS) is 10.7. The topological polar surface area (TPSA) is 104 Å². The van der Waals surface area contributed by atoms with E-state index in [2.05, 4.69) is 20.2 Å². The van der Waals surface area contributed by atoms with Crippen molar-refractivity contribution in [1.82, 2.24) is 20.2 Å². The van der Waals surface area contributed by atoms with Crippen molar-refractivity contribution < 1.29 is 4.39 Å². The van der Waals surface area contributed by atoms with Gasteiger partial charge in [0.15, 0.2) is 11.6 Å². The van der Waals surface area contributed by atoms with E-state index in [-0.39, 0.29) is 17.1 Å². The third-order valence-electron chi connectivity index (χ3n) is 3.89. The van der Waals surface area contributed by atoms with Gasteiger partial charge in [0.2, 0.25) is 0 Å².